The van der Waals surface area contributed by atoms with E-state index in [9.17, 15) is 9.59 Å². The van der Waals surface area contributed by atoms with E-state index < -0.39 is 5.60 Å². The first-order valence-corrected chi connectivity index (χ1v) is 12.3. The summed E-state index contributed by atoms with van der Waals surface area (Å²) in [7, 11) is 0. The summed E-state index contributed by atoms with van der Waals surface area (Å²) in [6, 6.07) is 15.5. The van der Waals surface area contributed by atoms with Crippen molar-refractivity contribution in [2.24, 2.45) is 0 Å². The number of carbonyl (C=O) groups is 2. The number of para-hydroxylation sites is 2. The van der Waals surface area contributed by atoms with E-state index in [2.05, 4.69) is 11.8 Å². The fraction of sp³-hybridized carbons (Fsp3) is 0.393. The second-order valence-electron chi connectivity index (χ2n) is 9.72. The van der Waals surface area contributed by atoms with Crippen molar-refractivity contribution in [1.82, 2.24) is 14.8 Å². The van der Waals surface area contributed by atoms with E-state index in [1.54, 1.807) is 0 Å². The number of pyridine rings is 1. The summed E-state index contributed by atoms with van der Waals surface area (Å²) in [5, 5.41) is 0.933. The van der Waals surface area contributed by atoms with Crippen LogP contribution in [0.5, 0.6) is 5.75 Å². The van der Waals surface area contributed by atoms with Gasteiger partial charge in [-0.25, -0.2) is 0 Å². The molecule has 3 aliphatic heterocycles. The van der Waals surface area contributed by atoms with Gasteiger partial charge < -0.3 is 9.64 Å². The van der Waals surface area contributed by atoms with Crippen molar-refractivity contribution in [3.05, 3.63) is 70.9 Å². The topological polar surface area (TPSA) is 62.7 Å². The Labute approximate surface area is 199 Å². The van der Waals surface area contributed by atoms with Gasteiger partial charge >= 0.3 is 0 Å². The maximum atomic E-state index is 14.0. The highest BCUT2D eigenvalue weighted by Crippen LogP contribution is 2.40. The Bertz CT molecular complexity index is 1290. The van der Waals surface area contributed by atoms with E-state index in [4.69, 9.17) is 9.72 Å². The summed E-state index contributed by atoms with van der Waals surface area (Å²) in [5.41, 5.74) is 3.98. The summed E-state index contributed by atoms with van der Waals surface area (Å²) in [4.78, 5) is 36.0. The number of Topliss-reactive ketones (excluding diaryl/α,β-unsaturated/α-hetero) is 1. The number of hydrogen-bond donors (Lipinski definition) is 0. The molecule has 2 aromatic carbocycles. The number of carbonyl (C=O) groups excluding carboxylic acids is 2. The number of hydrogen-bond acceptors (Lipinski definition) is 5. The Kier molecular flexibility index (Phi) is 5.14. The van der Waals surface area contributed by atoms with Gasteiger partial charge in [0.05, 0.1) is 23.1 Å². The highest BCUT2D eigenvalue weighted by Gasteiger charge is 2.44. The van der Waals surface area contributed by atoms with Crippen LogP contribution in [0.3, 0.4) is 0 Å². The first-order valence-electron chi connectivity index (χ1n) is 12.3. The zero-order valence-electron chi connectivity index (χ0n) is 19.5. The lowest BCUT2D eigenvalue weighted by molar-refractivity contribution is -0.00570. The normalized spacial score (nSPS) is 19.6. The summed E-state index contributed by atoms with van der Waals surface area (Å²) in [6.07, 6.45) is 2.56. The monoisotopic (exact) mass is 455 g/mol. The molecule has 1 spiro atoms. The highest BCUT2D eigenvalue weighted by molar-refractivity contribution is 6.08. The molecule has 6 heteroatoms. The molecule has 1 aromatic heterocycles. The quantitative estimate of drug-likeness (QED) is 0.578. The number of piperidine rings is 1. The summed E-state index contributed by atoms with van der Waals surface area (Å²) in [6.45, 7) is 6.01. The molecule has 6 nitrogen and oxygen atoms in total. The van der Waals surface area contributed by atoms with E-state index in [1.165, 1.54) is 0 Å². The molecule has 34 heavy (non-hydrogen) atoms. The third-order valence-corrected chi connectivity index (χ3v) is 7.75. The van der Waals surface area contributed by atoms with E-state index in [0.717, 1.165) is 53.8 Å². The molecule has 0 N–H and O–H groups in total. The average molecular weight is 456 g/mol. The summed E-state index contributed by atoms with van der Waals surface area (Å²) in [5.74, 6) is 0.882. The minimum absolute atomic E-state index is 0.0742. The molecule has 4 heterocycles. The van der Waals surface area contributed by atoms with E-state index in [1.807, 2.05) is 53.4 Å². The lowest BCUT2D eigenvalue weighted by Gasteiger charge is -2.44. The van der Waals surface area contributed by atoms with Crippen LogP contribution in [0.25, 0.3) is 10.9 Å². The average Bonchev–Trinajstić information content (AvgIpc) is 2.87. The predicted octanol–water partition coefficient (Wildman–Crippen LogP) is 4.25. The lowest BCUT2D eigenvalue weighted by Crippen LogP contribution is -2.52. The van der Waals surface area contributed by atoms with Gasteiger partial charge in [0.1, 0.15) is 11.4 Å². The molecule has 0 unspecified atom stereocenters. The van der Waals surface area contributed by atoms with E-state index in [-0.39, 0.29) is 11.7 Å². The van der Waals surface area contributed by atoms with Crippen LogP contribution in [0.1, 0.15) is 58.2 Å². The maximum Gasteiger partial charge on any atom is 0.254 e. The number of fused-ring (bicyclic) bond motifs is 3. The second kappa shape index (κ2) is 8.20. The molecule has 0 saturated carbocycles. The van der Waals surface area contributed by atoms with Crippen molar-refractivity contribution in [1.29, 1.82) is 0 Å². The SMILES string of the molecule is CCN1CCc2nc3ccccc3c(C(=O)N3CCC4(CC3)CC(=O)c3ccccc3O4)c2C1. The van der Waals surface area contributed by atoms with Crippen molar-refractivity contribution in [2.45, 2.75) is 44.8 Å². The van der Waals surface area contributed by atoms with Crippen molar-refractivity contribution in [3.63, 3.8) is 0 Å². The van der Waals surface area contributed by atoms with Gasteiger partial charge in [-0.2, -0.15) is 0 Å². The van der Waals surface area contributed by atoms with Gasteiger partial charge in [-0.1, -0.05) is 37.3 Å². The van der Waals surface area contributed by atoms with Crippen LogP contribution >= 0.6 is 0 Å². The van der Waals surface area contributed by atoms with Crippen molar-refractivity contribution in [3.8, 4) is 5.75 Å². The van der Waals surface area contributed by atoms with Gasteiger partial charge in [-0.05, 0) is 24.7 Å². The summed E-state index contributed by atoms with van der Waals surface area (Å²) < 4.78 is 6.38. The molecule has 0 radical (unpaired) electrons. The number of aromatic nitrogens is 1. The molecular weight excluding hydrogens is 426 g/mol. The fourth-order valence-corrected chi connectivity index (χ4v) is 5.76. The van der Waals surface area contributed by atoms with Crippen molar-refractivity contribution < 1.29 is 14.3 Å². The number of amides is 1. The molecule has 0 bridgehead atoms. The standard InChI is InChI=1S/C28H29N3O3/c1-2-30-14-11-23-21(18-30)26(19-7-3-5-9-22(19)29-23)27(33)31-15-12-28(13-16-31)17-24(32)20-8-4-6-10-25(20)34-28/h3-10H,2,11-18H2,1H3. The Balaban J connectivity index is 1.30. The van der Waals surface area contributed by atoms with E-state index >= 15 is 0 Å². The number of ketones is 1. The Morgan fingerprint density at radius 3 is 2.65 bits per heavy atom. The minimum atomic E-state index is -0.513. The molecule has 1 saturated heterocycles. The zero-order valence-corrected chi connectivity index (χ0v) is 19.5. The number of nitrogens with zero attached hydrogens (tertiary/aromatic N) is 3. The molecule has 6 rings (SSSR count). The van der Waals surface area contributed by atoms with Crippen LogP contribution in [0.15, 0.2) is 48.5 Å². The van der Waals surface area contributed by atoms with Gasteiger partial charge in [0.25, 0.3) is 5.91 Å². The van der Waals surface area contributed by atoms with E-state index in [0.29, 0.717) is 43.7 Å². The van der Waals surface area contributed by atoms with Crippen LogP contribution in [0.4, 0.5) is 0 Å². The van der Waals surface area contributed by atoms with Gasteiger partial charge in [0.2, 0.25) is 0 Å². The smallest absolute Gasteiger partial charge is 0.254 e. The number of likely N-dealkylation sites (N-methyl/N-ethyl adjacent to an activating group) is 1. The Morgan fingerprint density at radius 1 is 1.06 bits per heavy atom. The van der Waals surface area contributed by atoms with Gasteiger partial charge in [0, 0.05) is 62.1 Å². The van der Waals surface area contributed by atoms with Crippen LogP contribution in [-0.2, 0) is 13.0 Å². The molecule has 174 valence electrons. The predicted molar refractivity (Wildman–Crippen MR) is 130 cm³/mol. The lowest BCUT2D eigenvalue weighted by atomic mass is 9.82. The highest BCUT2D eigenvalue weighted by atomic mass is 16.5. The van der Waals surface area contributed by atoms with Gasteiger partial charge in [-0.3, -0.25) is 19.5 Å². The molecule has 3 aromatic rings. The van der Waals surface area contributed by atoms with Gasteiger partial charge in [0.15, 0.2) is 5.78 Å². The zero-order chi connectivity index (χ0) is 23.3. The van der Waals surface area contributed by atoms with Gasteiger partial charge in [-0.15, -0.1) is 0 Å². The van der Waals surface area contributed by atoms with Crippen molar-refractivity contribution >= 4 is 22.6 Å². The number of likely N-dealkylation sites (tertiary alicyclic amines) is 1. The minimum Gasteiger partial charge on any atom is -0.486 e. The molecular formula is C28H29N3O3. The molecule has 0 atom stereocenters. The summed E-state index contributed by atoms with van der Waals surface area (Å²) >= 11 is 0. The first kappa shape index (κ1) is 21.3. The third kappa shape index (κ3) is 3.48. The molecule has 0 aliphatic carbocycles. The second-order valence-corrected chi connectivity index (χ2v) is 9.72. The number of ether oxygens (including phenoxy) is 1. The molecule has 1 fully saturated rings. The van der Waals surface area contributed by atoms with Crippen molar-refractivity contribution in [2.75, 3.05) is 26.2 Å². The number of benzene rings is 2. The largest absolute Gasteiger partial charge is 0.486 e. The first-order chi connectivity index (χ1) is 16.6. The molecule has 3 aliphatic rings. The van der Waals surface area contributed by atoms with Crippen LogP contribution in [0, 0.1) is 0 Å². The third-order valence-electron chi connectivity index (χ3n) is 7.75. The fourth-order valence-electron chi connectivity index (χ4n) is 5.76. The number of rotatable bonds is 2. The van der Waals surface area contributed by atoms with Crippen LogP contribution < -0.4 is 4.74 Å². The van der Waals surface area contributed by atoms with Crippen LogP contribution in [-0.4, -0.2) is 58.3 Å². The molecule has 1 amide bonds. The van der Waals surface area contributed by atoms with Crippen LogP contribution in [0.2, 0.25) is 0 Å². The Hall–Kier alpha value is -3.25. The Morgan fingerprint density at radius 2 is 1.82 bits per heavy atom. The maximum absolute atomic E-state index is 14.0.